The first kappa shape index (κ1) is 75.9. The molecule has 10 aromatic rings. The van der Waals surface area contributed by atoms with Gasteiger partial charge in [-0.1, -0.05) is 109 Å². The molecule has 0 unspecified atom stereocenters. The average Bonchev–Trinajstić information content (AvgIpc) is 0.880. The highest BCUT2D eigenvalue weighted by atomic mass is 16.5. The Hall–Kier alpha value is -14.1. The predicted molar refractivity (Wildman–Crippen MR) is 389 cm³/mol. The molecule has 0 aliphatic rings. The van der Waals surface area contributed by atoms with Gasteiger partial charge in [-0.15, -0.1) is 0 Å². The molecule has 0 heterocycles. The van der Waals surface area contributed by atoms with E-state index in [1.165, 1.54) is 72.9 Å². The number of ketones is 5. The van der Waals surface area contributed by atoms with E-state index in [1.807, 2.05) is 88.4 Å². The van der Waals surface area contributed by atoms with Crippen LogP contribution >= 0.6 is 0 Å². The van der Waals surface area contributed by atoms with Crippen molar-refractivity contribution in [3.05, 3.63) is 331 Å². The first-order valence-electron chi connectivity index (χ1n) is 30.8. The van der Waals surface area contributed by atoms with Gasteiger partial charge in [0.1, 0.15) is 40.2 Å². The predicted octanol–water partition coefficient (Wildman–Crippen LogP) is 16.7. The Balaban J connectivity index is 0.000000199. The van der Waals surface area contributed by atoms with Gasteiger partial charge in [0.25, 0.3) is 0 Å². The Morgan fingerprint density at radius 3 is 1.24 bits per heavy atom. The number of carbonyl (C=O) groups excluding carboxylic acids is 5. The molecule has 0 saturated carbocycles. The second-order valence-corrected chi connectivity index (χ2v) is 22.3. The fraction of sp³-hybridized carbons (Fsp3) is 0.0714. The third-order valence-corrected chi connectivity index (χ3v) is 14.8. The maximum atomic E-state index is 12.2. The number of methoxy groups -OCH3 is 1. The van der Waals surface area contributed by atoms with E-state index in [9.17, 15) is 64.8 Å². The lowest BCUT2D eigenvalue weighted by Gasteiger charge is -2.06. The number of aryl methyl sites for hydroxylation is 5. The van der Waals surface area contributed by atoms with Crippen molar-refractivity contribution in [3.63, 3.8) is 0 Å². The van der Waals surface area contributed by atoms with Crippen LogP contribution in [0, 0.1) is 68.6 Å². The second kappa shape index (κ2) is 37.3. The highest BCUT2D eigenvalue weighted by Gasteiger charge is 2.14. The minimum absolute atomic E-state index is 0.0306. The van der Waals surface area contributed by atoms with Crippen LogP contribution in [0.25, 0.3) is 30.4 Å². The summed E-state index contributed by atoms with van der Waals surface area (Å²) < 4.78 is 5.24. The maximum absolute atomic E-state index is 12.2. The van der Waals surface area contributed by atoms with Crippen molar-refractivity contribution in [1.29, 1.82) is 15.8 Å². The van der Waals surface area contributed by atoms with Crippen LogP contribution in [-0.4, -0.2) is 76.9 Å². The lowest BCUT2D eigenvalue weighted by atomic mass is 10.0. The zero-order chi connectivity index (χ0) is 73.7. The van der Waals surface area contributed by atoms with Crippen LogP contribution in [0.1, 0.15) is 124 Å². The Bertz CT molecular complexity index is 4930. The molecular weight excluding hydrogens is 1270 g/mol. The van der Waals surface area contributed by atoms with Gasteiger partial charge in [0.2, 0.25) is 0 Å². The quantitative estimate of drug-likeness (QED) is 0.0253. The molecule has 0 saturated heterocycles. The van der Waals surface area contributed by atoms with Crippen LogP contribution in [0.2, 0.25) is 0 Å². The van der Waals surface area contributed by atoms with E-state index in [4.69, 9.17) is 20.5 Å². The second-order valence-electron chi connectivity index (χ2n) is 22.3. The molecule has 0 amide bonds. The molecule has 0 aliphatic heterocycles. The first-order valence-corrected chi connectivity index (χ1v) is 30.8. The summed E-state index contributed by atoms with van der Waals surface area (Å²) in [5.74, 6) is -1.67. The number of phenolic OH excluding ortho intramolecular Hbond substituents is 8. The lowest BCUT2D eigenvalue weighted by molar-refractivity contribution is 0.103. The molecule has 504 valence electrons. The topological polar surface area (TPSA) is 328 Å². The van der Waals surface area contributed by atoms with Gasteiger partial charge in [-0.3, -0.25) is 24.0 Å². The molecule has 0 aromatic heterocycles. The molecular formula is C84H69N3O14. The van der Waals surface area contributed by atoms with Crippen molar-refractivity contribution < 1.29 is 69.6 Å². The summed E-state index contributed by atoms with van der Waals surface area (Å²) in [6.45, 7) is 9.17. The van der Waals surface area contributed by atoms with E-state index in [0.29, 0.717) is 44.7 Å². The monoisotopic (exact) mass is 1340 g/mol. The van der Waals surface area contributed by atoms with Crippen LogP contribution in [-0.2, 0) is 0 Å². The Morgan fingerprint density at radius 2 is 0.762 bits per heavy atom. The summed E-state index contributed by atoms with van der Waals surface area (Å²) in [6, 6.07) is 60.4. The summed E-state index contributed by atoms with van der Waals surface area (Å²) >= 11 is 0. The number of hydrogen-bond acceptors (Lipinski definition) is 17. The smallest absolute Gasteiger partial charge is 0.189 e. The lowest BCUT2D eigenvalue weighted by Crippen LogP contribution is -1.99. The molecule has 0 fully saturated rings. The number of rotatable bonds is 16. The van der Waals surface area contributed by atoms with Crippen LogP contribution in [0.3, 0.4) is 0 Å². The summed E-state index contributed by atoms with van der Waals surface area (Å²) in [5, 5.41) is 102. The fourth-order valence-corrected chi connectivity index (χ4v) is 9.27. The van der Waals surface area contributed by atoms with E-state index >= 15 is 0 Å². The van der Waals surface area contributed by atoms with Gasteiger partial charge in [-0.05, 0) is 230 Å². The number of aromatic hydroxyl groups is 8. The van der Waals surface area contributed by atoms with Gasteiger partial charge in [0.05, 0.1) is 64.3 Å². The SMILES string of the molecule is COc1cc(C)ccc1C(=O)/C=C/c1ccc(C#N)cc1.Cc1cc(/C=C/C(=O)c2ccc(O)cc2O)cc(O)c1O.Cc1cc(/C=C/C(=O)c2cccc(C#N)c2)cc(C)c1O.Cc1ccccc1/C=C/C(=O)c1ccc(O)cc1O.N#Cc1ccc(/C=C/C(=O)c2ccccc2O)cc1. The maximum Gasteiger partial charge on any atom is 0.189 e. The van der Waals surface area contributed by atoms with Crippen LogP contribution in [0.5, 0.6) is 51.7 Å². The molecule has 0 bridgehead atoms. The van der Waals surface area contributed by atoms with E-state index in [2.05, 4.69) is 6.07 Å². The molecule has 0 aliphatic carbocycles. The normalized spacial score (nSPS) is 10.6. The van der Waals surface area contributed by atoms with Gasteiger partial charge in [-0.2, -0.15) is 15.8 Å². The van der Waals surface area contributed by atoms with Crippen LogP contribution in [0.4, 0.5) is 0 Å². The summed E-state index contributed by atoms with van der Waals surface area (Å²) in [5.41, 5.74) is 11.3. The van der Waals surface area contributed by atoms with Crippen molar-refractivity contribution >= 4 is 59.3 Å². The number of benzene rings is 10. The highest BCUT2D eigenvalue weighted by Crippen LogP contribution is 2.31. The fourth-order valence-electron chi connectivity index (χ4n) is 9.27. The molecule has 17 heteroatoms. The number of hydrogen-bond donors (Lipinski definition) is 8. The standard InChI is InChI=1S/2C18H15NO2.C16H11NO2.C16H14O5.C16H14O3/c1-13-3-9-16(18(11-13)21-2)17(20)10-8-14-4-6-15(12-19)7-5-14;1-12-8-14(9-13(2)18(12)21)6-7-17(20)16-5-3-4-15(10-16)11-19;17-11-13-7-5-12(6-8-13)9-10-16(19)14-3-1-2-4-15(14)18;1-9-6-10(7-15(20)16(9)21)2-5-13(18)12-4-3-11(17)8-14(12)19;1-11-4-2-3-5-12(11)6-9-15(18)14-8-7-13(17)10-16(14)19/h3-11H,1-2H3;3-10,21H,1-2H3;1-10,18H;2-8,17,19-21H,1H3;2-10,17,19H,1H3/b10-8+;7-6+;10-9+;5-2+;9-6+. The molecule has 8 N–H and O–H groups in total. The number of phenols is 8. The molecule has 10 aromatic carbocycles. The number of carbonyl (C=O) groups is 5. The number of ether oxygens (including phenoxy) is 1. The number of allylic oxidation sites excluding steroid dienone is 5. The van der Waals surface area contributed by atoms with Gasteiger partial charge in [-0.25, -0.2) is 0 Å². The van der Waals surface area contributed by atoms with E-state index in [1.54, 1.807) is 141 Å². The van der Waals surface area contributed by atoms with E-state index < -0.39 is 5.78 Å². The van der Waals surface area contributed by atoms with Crippen molar-refractivity contribution in [2.24, 2.45) is 0 Å². The van der Waals surface area contributed by atoms with Crippen LogP contribution in [0.15, 0.2) is 231 Å². The summed E-state index contributed by atoms with van der Waals surface area (Å²) in [4.78, 5) is 60.0. The number of nitrogens with zero attached hydrogens (tertiary/aromatic N) is 3. The minimum atomic E-state index is -0.447. The third kappa shape index (κ3) is 23.1. The molecule has 0 radical (unpaired) electrons. The molecule has 0 spiro atoms. The van der Waals surface area contributed by atoms with E-state index in [0.717, 1.165) is 56.6 Å². The molecule has 101 heavy (non-hydrogen) atoms. The van der Waals surface area contributed by atoms with Gasteiger partial charge in [0, 0.05) is 17.7 Å². The summed E-state index contributed by atoms with van der Waals surface area (Å²) in [6.07, 6.45) is 15.3. The number of nitriles is 3. The van der Waals surface area contributed by atoms with Crippen molar-refractivity contribution in [2.45, 2.75) is 34.6 Å². The van der Waals surface area contributed by atoms with Crippen molar-refractivity contribution in [3.8, 4) is 70.0 Å². The minimum Gasteiger partial charge on any atom is -0.508 e. The van der Waals surface area contributed by atoms with E-state index in [-0.39, 0.29) is 85.8 Å². The van der Waals surface area contributed by atoms with Gasteiger partial charge in [0.15, 0.2) is 40.4 Å². The molecule has 0 atom stereocenters. The summed E-state index contributed by atoms with van der Waals surface area (Å²) in [7, 11) is 1.55. The number of para-hydroxylation sites is 1. The van der Waals surface area contributed by atoms with Crippen molar-refractivity contribution in [2.75, 3.05) is 7.11 Å². The molecule has 10 rings (SSSR count). The van der Waals surface area contributed by atoms with Gasteiger partial charge < -0.3 is 45.6 Å². The Morgan fingerprint density at radius 1 is 0.337 bits per heavy atom. The van der Waals surface area contributed by atoms with Gasteiger partial charge >= 0.3 is 0 Å². The van der Waals surface area contributed by atoms with Crippen molar-refractivity contribution in [1.82, 2.24) is 0 Å². The zero-order valence-corrected chi connectivity index (χ0v) is 55.7. The zero-order valence-electron chi connectivity index (χ0n) is 55.7. The third-order valence-electron chi connectivity index (χ3n) is 14.8. The molecule has 17 nitrogen and oxygen atoms in total. The first-order chi connectivity index (χ1) is 48.3. The Labute approximate surface area is 584 Å². The highest BCUT2D eigenvalue weighted by molar-refractivity contribution is 6.11. The van der Waals surface area contributed by atoms with Crippen LogP contribution < -0.4 is 4.74 Å². The largest absolute Gasteiger partial charge is 0.508 e. The average molecular weight is 1340 g/mol. The Kier molecular flexibility index (Phi) is 28.0.